The highest BCUT2D eigenvalue weighted by molar-refractivity contribution is 5.96. The van der Waals surface area contributed by atoms with Gasteiger partial charge in [0.1, 0.15) is 11.8 Å². The van der Waals surface area contributed by atoms with Crippen molar-refractivity contribution in [3.05, 3.63) is 24.3 Å². The third-order valence-electron chi connectivity index (χ3n) is 2.22. The van der Waals surface area contributed by atoms with E-state index in [1.807, 2.05) is 0 Å². The first-order chi connectivity index (χ1) is 9.33. The molecule has 1 aromatic rings. The first-order valence-electron chi connectivity index (χ1n) is 5.67. The van der Waals surface area contributed by atoms with Crippen molar-refractivity contribution in [2.24, 2.45) is 5.73 Å². The molecule has 0 aliphatic heterocycles. The summed E-state index contributed by atoms with van der Waals surface area (Å²) in [4.78, 5) is 11.7. The van der Waals surface area contributed by atoms with Gasteiger partial charge in [-0.1, -0.05) is 12.1 Å². The van der Waals surface area contributed by atoms with E-state index in [1.165, 1.54) is 25.3 Å². The summed E-state index contributed by atoms with van der Waals surface area (Å²) in [6, 6.07) is 4.87. The molecule has 112 valence electrons. The van der Waals surface area contributed by atoms with Crippen molar-refractivity contribution in [2.45, 2.75) is 12.2 Å². The van der Waals surface area contributed by atoms with Crippen LogP contribution in [0.4, 0.5) is 18.9 Å². The van der Waals surface area contributed by atoms with E-state index in [1.54, 1.807) is 6.07 Å². The summed E-state index contributed by atoms with van der Waals surface area (Å²) >= 11 is 0. The van der Waals surface area contributed by atoms with Crippen LogP contribution in [-0.4, -0.2) is 38.4 Å². The van der Waals surface area contributed by atoms with E-state index in [0.29, 0.717) is 0 Å². The average Bonchev–Trinajstić information content (AvgIpc) is 2.37. The number of amides is 1. The van der Waals surface area contributed by atoms with Gasteiger partial charge >= 0.3 is 6.18 Å². The van der Waals surface area contributed by atoms with Gasteiger partial charge in [0.05, 0.1) is 12.3 Å². The van der Waals surface area contributed by atoms with Crippen molar-refractivity contribution >= 4 is 11.6 Å². The van der Waals surface area contributed by atoms with Crippen LogP contribution in [0.5, 0.6) is 5.75 Å². The number of hydrogen-bond donors (Lipinski definition) is 2. The standard InChI is InChI=1S/C12H15F3N2O3/c1-19-6-8(16)11(18)17-9-4-2-3-5-10(9)20-7-12(13,14)15/h2-5,8H,6-7,16H2,1H3,(H,17,18). The number of nitrogens with two attached hydrogens (primary N) is 1. The number of benzene rings is 1. The van der Waals surface area contributed by atoms with Crippen LogP contribution in [0.3, 0.4) is 0 Å². The third-order valence-corrected chi connectivity index (χ3v) is 2.22. The number of methoxy groups -OCH3 is 1. The lowest BCUT2D eigenvalue weighted by Gasteiger charge is -2.15. The summed E-state index contributed by atoms with van der Waals surface area (Å²) in [6.07, 6.45) is -4.45. The Morgan fingerprint density at radius 2 is 2.05 bits per heavy atom. The molecule has 0 aliphatic carbocycles. The second kappa shape index (κ2) is 7.11. The summed E-state index contributed by atoms with van der Waals surface area (Å²) in [5, 5.41) is 2.40. The molecule has 1 rings (SSSR count). The molecule has 0 spiro atoms. The van der Waals surface area contributed by atoms with E-state index in [2.05, 4.69) is 10.1 Å². The molecule has 0 saturated carbocycles. The maximum Gasteiger partial charge on any atom is 0.422 e. The maximum atomic E-state index is 12.1. The molecule has 0 saturated heterocycles. The van der Waals surface area contributed by atoms with E-state index in [0.717, 1.165) is 0 Å². The van der Waals surface area contributed by atoms with Crippen molar-refractivity contribution in [1.29, 1.82) is 0 Å². The Morgan fingerprint density at radius 3 is 2.65 bits per heavy atom. The minimum atomic E-state index is -4.45. The maximum absolute atomic E-state index is 12.1. The molecular formula is C12H15F3N2O3. The normalized spacial score (nSPS) is 12.8. The minimum Gasteiger partial charge on any atom is -0.482 e. The molecule has 1 aromatic carbocycles. The fourth-order valence-electron chi connectivity index (χ4n) is 1.34. The van der Waals surface area contributed by atoms with Crippen molar-refractivity contribution in [2.75, 3.05) is 25.6 Å². The second-order valence-electron chi connectivity index (χ2n) is 3.95. The van der Waals surface area contributed by atoms with Gasteiger partial charge < -0.3 is 20.5 Å². The number of para-hydroxylation sites is 2. The fraction of sp³-hybridized carbons (Fsp3) is 0.417. The van der Waals surface area contributed by atoms with Crippen LogP contribution in [0, 0.1) is 0 Å². The van der Waals surface area contributed by atoms with E-state index in [9.17, 15) is 18.0 Å². The van der Waals surface area contributed by atoms with Crippen LogP contribution in [0.2, 0.25) is 0 Å². The van der Waals surface area contributed by atoms with Gasteiger partial charge in [0.2, 0.25) is 5.91 Å². The summed E-state index contributed by atoms with van der Waals surface area (Å²) in [6.45, 7) is -1.44. The topological polar surface area (TPSA) is 73.6 Å². The molecule has 1 atom stereocenters. The van der Waals surface area contributed by atoms with E-state index in [-0.39, 0.29) is 18.0 Å². The van der Waals surface area contributed by atoms with E-state index in [4.69, 9.17) is 10.5 Å². The lowest BCUT2D eigenvalue weighted by Crippen LogP contribution is -2.39. The van der Waals surface area contributed by atoms with Crippen LogP contribution in [0.1, 0.15) is 0 Å². The number of carbonyl (C=O) groups is 1. The molecule has 0 aliphatic rings. The van der Waals surface area contributed by atoms with Gasteiger partial charge in [0.15, 0.2) is 6.61 Å². The SMILES string of the molecule is COCC(N)C(=O)Nc1ccccc1OCC(F)(F)F. The minimum absolute atomic E-state index is 0.00257. The summed E-state index contributed by atoms with van der Waals surface area (Å²) in [7, 11) is 1.38. The van der Waals surface area contributed by atoms with Crippen molar-refractivity contribution in [1.82, 2.24) is 0 Å². The monoisotopic (exact) mass is 292 g/mol. The molecule has 8 heteroatoms. The number of carbonyl (C=O) groups excluding carboxylic acids is 1. The zero-order valence-corrected chi connectivity index (χ0v) is 10.7. The Morgan fingerprint density at radius 1 is 1.40 bits per heavy atom. The van der Waals surface area contributed by atoms with Crippen molar-refractivity contribution in [3.8, 4) is 5.75 Å². The molecule has 20 heavy (non-hydrogen) atoms. The summed E-state index contributed by atoms with van der Waals surface area (Å²) in [5.41, 5.74) is 5.63. The van der Waals surface area contributed by atoms with Crippen LogP contribution in [0.15, 0.2) is 24.3 Å². The largest absolute Gasteiger partial charge is 0.482 e. The first kappa shape index (κ1) is 16.3. The third kappa shape index (κ3) is 5.45. The van der Waals surface area contributed by atoms with Gasteiger partial charge in [-0.15, -0.1) is 0 Å². The highest BCUT2D eigenvalue weighted by Gasteiger charge is 2.29. The number of nitrogens with one attached hydrogen (secondary N) is 1. The number of rotatable bonds is 6. The highest BCUT2D eigenvalue weighted by Crippen LogP contribution is 2.26. The van der Waals surface area contributed by atoms with E-state index < -0.39 is 24.7 Å². The number of halogens is 3. The molecule has 0 bridgehead atoms. The highest BCUT2D eigenvalue weighted by atomic mass is 19.4. The van der Waals surface area contributed by atoms with Crippen molar-refractivity contribution in [3.63, 3.8) is 0 Å². The lowest BCUT2D eigenvalue weighted by atomic mass is 10.2. The van der Waals surface area contributed by atoms with Crippen LogP contribution < -0.4 is 15.8 Å². The molecule has 0 aromatic heterocycles. The van der Waals surface area contributed by atoms with Gasteiger partial charge in [0, 0.05) is 7.11 Å². The summed E-state index contributed by atoms with van der Waals surface area (Å²) < 4.78 is 45.7. The first-order valence-corrected chi connectivity index (χ1v) is 5.67. The van der Waals surface area contributed by atoms with Crippen LogP contribution >= 0.6 is 0 Å². The molecule has 5 nitrogen and oxygen atoms in total. The predicted octanol–water partition coefficient (Wildman–Crippen LogP) is 1.54. The van der Waals surface area contributed by atoms with Gasteiger partial charge in [-0.05, 0) is 12.1 Å². The molecule has 0 fully saturated rings. The molecule has 0 heterocycles. The lowest BCUT2D eigenvalue weighted by molar-refractivity contribution is -0.153. The Bertz CT molecular complexity index is 452. The number of anilines is 1. The van der Waals surface area contributed by atoms with Crippen LogP contribution in [-0.2, 0) is 9.53 Å². The zero-order chi connectivity index (χ0) is 15.2. The second-order valence-corrected chi connectivity index (χ2v) is 3.95. The molecular weight excluding hydrogens is 277 g/mol. The average molecular weight is 292 g/mol. The molecule has 1 amide bonds. The Kier molecular flexibility index (Phi) is 5.78. The van der Waals surface area contributed by atoms with Gasteiger partial charge in [-0.2, -0.15) is 13.2 Å². The summed E-state index contributed by atoms with van der Waals surface area (Å²) in [5.74, 6) is -0.655. The van der Waals surface area contributed by atoms with Gasteiger partial charge in [-0.3, -0.25) is 4.79 Å². The fourth-order valence-corrected chi connectivity index (χ4v) is 1.34. The molecule has 3 N–H and O–H groups in total. The molecule has 1 unspecified atom stereocenters. The quantitative estimate of drug-likeness (QED) is 0.834. The Labute approximate surface area is 113 Å². The Hall–Kier alpha value is -1.80. The smallest absolute Gasteiger partial charge is 0.422 e. The van der Waals surface area contributed by atoms with Gasteiger partial charge in [0.25, 0.3) is 0 Å². The number of ether oxygens (including phenoxy) is 2. The van der Waals surface area contributed by atoms with Crippen LogP contribution in [0.25, 0.3) is 0 Å². The van der Waals surface area contributed by atoms with E-state index >= 15 is 0 Å². The van der Waals surface area contributed by atoms with Gasteiger partial charge in [-0.25, -0.2) is 0 Å². The molecule has 0 radical (unpaired) electrons. The predicted molar refractivity (Wildman–Crippen MR) is 66.5 cm³/mol. The zero-order valence-electron chi connectivity index (χ0n) is 10.7. The Balaban J connectivity index is 2.72. The number of alkyl halides is 3. The number of hydrogen-bond acceptors (Lipinski definition) is 4. The van der Waals surface area contributed by atoms with Crippen molar-refractivity contribution < 1.29 is 27.4 Å².